The first-order valence-electron chi connectivity index (χ1n) is 8.08. The Kier molecular flexibility index (Phi) is 5.23. The van der Waals surface area contributed by atoms with Gasteiger partial charge in [0, 0.05) is 43.9 Å². The van der Waals surface area contributed by atoms with Crippen molar-refractivity contribution in [1.82, 2.24) is 14.9 Å². The lowest BCUT2D eigenvalue weighted by atomic mass is 10.1. The number of likely N-dealkylation sites (tertiary alicyclic amines) is 1. The Balaban J connectivity index is 1.55. The highest BCUT2D eigenvalue weighted by molar-refractivity contribution is 5.96. The predicted octanol–water partition coefficient (Wildman–Crippen LogP) is 1.95. The van der Waals surface area contributed by atoms with E-state index in [1.807, 2.05) is 0 Å². The topological polar surface area (TPSA) is 81.6 Å². The molecule has 0 saturated carbocycles. The third-order valence-corrected chi connectivity index (χ3v) is 4.10. The highest BCUT2D eigenvalue weighted by Gasteiger charge is 2.25. The second-order valence-corrected chi connectivity index (χ2v) is 5.71. The molecule has 0 atom stereocenters. The molecule has 3 rings (SSSR count). The van der Waals surface area contributed by atoms with Gasteiger partial charge in [0.05, 0.1) is 12.7 Å². The summed E-state index contributed by atoms with van der Waals surface area (Å²) in [5.41, 5.74) is 0.979. The van der Waals surface area contributed by atoms with Crippen molar-refractivity contribution in [1.29, 1.82) is 0 Å². The smallest absolute Gasteiger partial charge is 0.337 e. The van der Waals surface area contributed by atoms with Crippen molar-refractivity contribution in [3.8, 4) is 6.01 Å². The number of aromatic nitrogens is 2. The zero-order valence-electron chi connectivity index (χ0n) is 13.9. The Labute approximate surface area is 145 Å². The molecule has 1 saturated heterocycles. The molecule has 1 fully saturated rings. The standard InChI is InChI=1S/C18H19N3O4/c1-24-17(23)14-5-3-13(4-6-14)16(22)21-11-7-15(8-12-21)25-18-19-9-2-10-20-18/h2-6,9-10,15H,7-8,11-12H2,1H3. The summed E-state index contributed by atoms with van der Waals surface area (Å²) in [4.78, 5) is 33.9. The summed E-state index contributed by atoms with van der Waals surface area (Å²) in [6.07, 6.45) is 4.74. The molecule has 1 aliphatic heterocycles. The van der Waals surface area contributed by atoms with E-state index in [2.05, 4.69) is 14.7 Å². The third-order valence-electron chi connectivity index (χ3n) is 4.10. The number of hydrogen-bond acceptors (Lipinski definition) is 6. The second kappa shape index (κ2) is 7.74. The van der Waals surface area contributed by atoms with Crippen molar-refractivity contribution in [2.45, 2.75) is 18.9 Å². The van der Waals surface area contributed by atoms with Crippen LogP contribution in [0.3, 0.4) is 0 Å². The van der Waals surface area contributed by atoms with Gasteiger partial charge in [-0.15, -0.1) is 0 Å². The van der Waals surface area contributed by atoms with Gasteiger partial charge in [-0.3, -0.25) is 4.79 Å². The van der Waals surface area contributed by atoms with E-state index < -0.39 is 5.97 Å². The second-order valence-electron chi connectivity index (χ2n) is 5.71. The summed E-state index contributed by atoms with van der Waals surface area (Å²) >= 11 is 0. The lowest BCUT2D eigenvalue weighted by molar-refractivity contribution is 0.0572. The van der Waals surface area contributed by atoms with Crippen LogP contribution in [-0.4, -0.2) is 53.0 Å². The van der Waals surface area contributed by atoms with Gasteiger partial charge < -0.3 is 14.4 Å². The van der Waals surface area contributed by atoms with Crippen LogP contribution in [0, 0.1) is 0 Å². The zero-order valence-corrected chi connectivity index (χ0v) is 13.9. The minimum atomic E-state index is -0.417. The first-order chi connectivity index (χ1) is 12.2. The van der Waals surface area contributed by atoms with Crippen molar-refractivity contribution in [2.24, 2.45) is 0 Å². The van der Waals surface area contributed by atoms with Crippen LogP contribution >= 0.6 is 0 Å². The minimum absolute atomic E-state index is 0.00755. The first kappa shape index (κ1) is 16.9. The monoisotopic (exact) mass is 341 g/mol. The highest BCUT2D eigenvalue weighted by atomic mass is 16.5. The molecule has 0 spiro atoms. The zero-order chi connectivity index (χ0) is 17.6. The van der Waals surface area contributed by atoms with Gasteiger partial charge in [0.25, 0.3) is 5.91 Å². The van der Waals surface area contributed by atoms with Crippen molar-refractivity contribution in [3.05, 3.63) is 53.9 Å². The maximum atomic E-state index is 12.6. The van der Waals surface area contributed by atoms with Crippen LogP contribution in [0.2, 0.25) is 0 Å². The summed E-state index contributed by atoms with van der Waals surface area (Å²) in [6.45, 7) is 1.21. The highest BCUT2D eigenvalue weighted by Crippen LogP contribution is 2.18. The van der Waals surface area contributed by atoms with E-state index in [9.17, 15) is 9.59 Å². The summed E-state index contributed by atoms with van der Waals surface area (Å²) in [6, 6.07) is 8.60. The Hall–Kier alpha value is -2.96. The number of carbonyl (C=O) groups excluding carboxylic acids is 2. The Morgan fingerprint density at radius 3 is 2.24 bits per heavy atom. The van der Waals surface area contributed by atoms with E-state index in [0.29, 0.717) is 30.2 Å². The molecule has 0 unspecified atom stereocenters. The summed E-state index contributed by atoms with van der Waals surface area (Å²) in [5.74, 6) is -0.467. The molecule has 1 aliphatic rings. The van der Waals surface area contributed by atoms with Crippen molar-refractivity contribution in [3.63, 3.8) is 0 Å². The van der Waals surface area contributed by atoms with Gasteiger partial charge in [0.1, 0.15) is 6.10 Å². The molecule has 2 aromatic rings. The van der Waals surface area contributed by atoms with Crippen LogP contribution < -0.4 is 4.74 Å². The van der Waals surface area contributed by atoms with Gasteiger partial charge >= 0.3 is 12.0 Å². The average molecular weight is 341 g/mol. The molecule has 2 heterocycles. The Bertz CT molecular complexity index is 726. The van der Waals surface area contributed by atoms with Crippen molar-refractivity contribution >= 4 is 11.9 Å². The maximum absolute atomic E-state index is 12.6. The number of piperidine rings is 1. The minimum Gasteiger partial charge on any atom is -0.465 e. The first-order valence-corrected chi connectivity index (χ1v) is 8.08. The van der Waals surface area contributed by atoms with Gasteiger partial charge in [-0.1, -0.05) is 0 Å². The lowest BCUT2D eigenvalue weighted by Crippen LogP contribution is -2.41. The SMILES string of the molecule is COC(=O)c1ccc(C(=O)N2CCC(Oc3ncccn3)CC2)cc1. The number of methoxy groups -OCH3 is 1. The lowest BCUT2D eigenvalue weighted by Gasteiger charge is -2.31. The Morgan fingerprint density at radius 2 is 1.64 bits per heavy atom. The van der Waals surface area contributed by atoms with E-state index in [-0.39, 0.29) is 12.0 Å². The van der Waals surface area contributed by atoms with E-state index in [1.54, 1.807) is 47.6 Å². The number of esters is 1. The summed E-state index contributed by atoms with van der Waals surface area (Å²) < 4.78 is 10.4. The molecule has 0 N–H and O–H groups in total. The van der Waals surface area contributed by atoms with E-state index in [1.165, 1.54) is 7.11 Å². The number of amides is 1. The van der Waals surface area contributed by atoms with Gasteiger partial charge in [-0.05, 0) is 30.3 Å². The third kappa shape index (κ3) is 4.12. The van der Waals surface area contributed by atoms with Crippen molar-refractivity contribution < 1.29 is 19.1 Å². The molecule has 0 aliphatic carbocycles. The number of hydrogen-bond donors (Lipinski definition) is 0. The predicted molar refractivity (Wildman–Crippen MR) is 89.4 cm³/mol. The van der Waals surface area contributed by atoms with Crippen LogP contribution in [0.5, 0.6) is 6.01 Å². The molecule has 1 amide bonds. The molecule has 0 bridgehead atoms. The average Bonchev–Trinajstić information content (AvgIpc) is 2.68. The van der Waals surface area contributed by atoms with Gasteiger partial charge in [-0.25, -0.2) is 14.8 Å². The Morgan fingerprint density at radius 1 is 1.04 bits per heavy atom. The molecular formula is C18H19N3O4. The van der Waals surface area contributed by atoms with E-state index in [0.717, 1.165) is 12.8 Å². The van der Waals surface area contributed by atoms with Crippen LogP contribution in [0.4, 0.5) is 0 Å². The van der Waals surface area contributed by atoms with Crippen LogP contribution in [0.25, 0.3) is 0 Å². The summed E-state index contributed by atoms with van der Waals surface area (Å²) in [7, 11) is 1.33. The molecule has 7 heteroatoms. The summed E-state index contributed by atoms with van der Waals surface area (Å²) in [5, 5.41) is 0. The number of benzene rings is 1. The molecular weight excluding hydrogens is 322 g/mol. The van der Waals surface area contributed by atoms with Crippen LogP contribution in [0.1, 0.15) is 33.6 Å². The molecule has 1 aromatic heterocycles. The number of rotatable bonds is 4. The fraction of sp³-hybridized carbons (Fsp3) is 0.333. The van der Waals surface area contributed by atoms with Gasteiger partial charge in [0.15, 0.2) is 0 Å². The quantitative estimate of drug-likeness (QED) is 0.791. The van der Waals surface area contributed by atoms with E-state index in [4.69, 9.17) is 4.74 Å². The largest absolute Gasteiger partial charge is 0.465 e. The van der Waals surface area contributed by atoms with Gasteiger partial charge in [0.2, 0.25) is 0 Å². The van der Waals surface area contributed by atoms with E-state index >= 15 is 0 Å². The molecule has 1 aromatic carbocycles. The number of ether oxygens (including phenoxy) is 2. The van der Waals surface area contributed by atoms with Crippen LogP contribution in [-0.2, 0) is 4.74 Å². The van der Waals surface area contributed by atoms with Crippen LogP contribution in [0.15, 0.2) is 42.7 Å². The molecule has 0 radical (unpaired) electrons. The fourth-order valence-corrected chi connectivity index (χ4v) is 2.72. The molecule has 7 nitrogen and oxygen atoms in total. The van der Waals surface area contributed by atoms with Gasteiger partial charge in [-0.2, -0.15) is 0 Å². The van der Waals surface area contributed by atoms with Crippen molar-refractivity contribution in [2.75, 3.05) is 20.2 Å². The number of carbonyl (C=O) groups is 2. The normalized spacial score (nSPS) is 14.8. The molecule has 130 valence electrons. The maximum Gasteiger partial charge on any atom is 0.337 e. The molecule has 25 heavy (non-hydrogen) atoms. The number of nitrogens with zero attached hydrogens (tertiary/aromatic N) is 3. The fourth-order valence-electron chi connectivity index (χ4n) is 2.72.